The van der Waals surface area contributed by atoms with E-state index >= 15 is 0 Å². The van der Waals surface area contributed by atoms with Crippen molar-refractivity contribution in [2.45, 2.75) is 65.3 Å². The fourth-order valence-corrected chi connectivity index (χ4v) is 4.04. The zero-order chi connectivity index (χ0) is 31.7. The van der Waals surface area contributed by atoms with Crippen LogP contribution in [0.1, 0.15) is 45.0 Å². The van der Waals surface area contributed by atoms with Crippen LogP contribution < -0.4 is 14.2 Å². The summed E-state index contributed by atoms with van der Waals surface area (Å²) in [5.41, 5.74) is 0.103. The van der Waals surface area contributed by atoms with Gasteiger partial charge in [0, 0.05) is 34.6 Å². The normalized spacial score (nSPS) is 21.0. The molecule has 0 spiro atoms. The predicted molar refractivity (Wildman–Crippen MR) is 142 cm³/mol. The van der Waals surface area contributed by atoms with E-state index in [1.54, 1.807) is 0 Å². The van der Waals surface area contributed by atoms with Crippen molar-refractivity contribution in [3.8, 4) is 17.2 Å². The van der Waals surface area contributed by atoms with Gasteiger partial charge in [0.05, 0.1) is 5.56 Å². The summed E-state index contributed by atoms with van der Waals surface area (Å²) in [6.07, 6.45) is -6.98. The van der Waals surface area contributed by atoms with E-state index in [1.165, 1.54) is 62.4 Å². The molecule has 5 atom stereocenters. The summed E-state index contributed by atoms with van der Waals surface area (Å²) >= 11 is 0. The number of esters is 6. The van der Waals surface area contributed by atoms with Crippen molar-refractivity contribution in [2.75, 3.05) is 6.61 Å². The Morgan fingerprint density at radius 1 is 0.581 bits per heavy atom. The largest absolute Gasteiger partial charge is 0.461 e. The van der Waals surface area contributed by atoms with E-state index in [2.05, 4.69) is 0 Å². The first-order valence-corrected chi connectivity index (χ1v) is 12.9. The van der Waals surface area contributed by atoms with Gasteiger partial charge in [-0.15, -0.1) is 0 Å². The second kappa shape index (κ2) is 14.8. The van der Waals surface area contributed by atoms with Gasteiger partial charge in [-0.2, -0.15) is 0 Å². The number of carbonyl (C=O) groups excluding carboxylic acids is 6. The first kappa shape index (κ1) is 32.5. The lowest BCUT2D eigenvalue weighted by atomic mass is 9.98. The highest BCUT2D eigenvalue weighted by Gasteiger charge is 2.53. The van der Waals surface area contributed by atoms with Crippen molar-refractivity contribution in [1.82, 2.24) is 0 Å². The van der Waals surface area contributed by atoms with Crippen LogP contribution in [-0.4, -0.2) is 73.1 Å². The second-order valence-electron chi connectivity index (χ2n) is 9.16. The van der Waals surface area contributed by atoms with E-state index in [1.807, 2.05) is 0 Å². The molecular weight excluding hydrogens is 572 g/mol. The van der Waals surface area contributed by atoms with Gasteiger partial charge in [-0.3, -0.25) is 24.0 Å². The average Bonchev–Trinajstić information content (AvgIpc) is 2.91. The van der Waals surface area contributed by atoms with Crippen LogP contribution in [0.15, 0.2) is 48.5 Å². The molecule has 1 aliphatic rings. The van der Waals surface area contributed by atoms with Crippen LogP contribution in [0.4, 0.5) is 0 Å². The molecule has 0 aromatic heterocycles. The van der Waals surface area contributed by atoms with E-state index in [0.29, 0.717) is 0 Å². The molecule has 0 amide bonds. The molecule has 1 fully saturated rings. The second-order valence-corrected chi connectivity index (χ2v) is 9.16. The first-order chi connectivity index (χ1) is 20.3. The van der Waals surface area contributed by atoms with Crippen molar-refractivity contribution >= 4 is 35.8 Å². The Morgan fingerprint density at radius 2 is 1.02 bits per heavy atom. The number of hydrogen-bond donors (Lipinski definition) is 0. The third-order valence-electron chi connectivity index (χ3n) is 5.57. The van der Waals surface area contributed by atoms with Crippen LogP contribution in [0.2, 0.25) is 0 Å². The minimum atomic E-state index is -1.45. The Balaban J connectivity index is 1.89. The molecule has 0 aliphatic carbocycles. The molecular formula is C29H30O14. The van der Waals surface area contributed by atoms with Crippen LogP contribution in [0, 0.1) is 0 Å². The zero-order valence-electron chi connectivity index (χ0n) is 23.9. The molecule has 5 unspecified atom stereocenters. The first-order valence-electron chi connectivity index (χ1n) is 12.9. The Hall–Kier alpha value is -4.98. The molecule has 2 aromatic rings. The molecule has 14 nitrogen and oxygen atoms in total. The van der Waals surface area contributed by atoms with Crippen molar-refractivity contribution < 1.29 is 66.7 Å². The van der Waals surface area contributed by atoms with Gasteiger partial charge in [-0.25, -0.2) is 4.79 Å². The number of rotatable bonds is 10. The maximum Gasteiger partial charge on any atom is 0.338 e. The van der Waals surface area contributed by atoms with Gasteiger partial charge in [0.2, 0.25) is 12.4 Å². The fourth-order valence-electron chi connectivity index (χ4n) is 4.04. The highest BCUT2D eigenvalue weighted by molar-refractivity contribution is 5.89. The standard InChI is InChI=1S/C29H30O14/c1-15(30)37-21-8-6-20(7-9-21)28(35)36-14-24-25(39-17(3)32)26(40-18(4)33)27(41-19(5)34)29(43-24)42-23-12-10-22(11-13-23)38-16(2)31/h6-13,24-27,29H,14H2,1-5H3. The third-order valence-corrected chi connectivity index (χ3v) is 5.57. The summed E-state index contributed by atoms with van der Waals surface area (Å²) in [4.78, 5) is 71.3. The van der Waals surface area contributed by atoms with E-state index in [0.717, 1.165) is 20.8 Å². The highest BCUT2D eigenvalue weighted by atomic mass is 16.7. The average molecular weight is 603 g/mol. The smallest absolute Gasteiger partial charge is 0.338 e. The molecule has 1 heterocycles. The van der Waals surface area contributed by atoms with Gasteiger partial charge in [0.15, 0.2) is 12.2 Å². The van der Waals surface area contributed by atoms with E-state index < -0.39 is 73.1 Å². The predicted octanol–water partition coefficient (Wildman–Crippen LogP) is 2.29. The highest BCUT2D eigenvalue weighted by Crippen LogP contribution is 2.31. The number of carbonyl (C=O) groups is 6. The van der Waals surface area contributed by atoms with E-state index in [4.69, 9.17) is 37.9 Å². The molecule has 43 heavy (non-hydrogen) atoms. The van der Waals surface area contributed by atoms with Gasteiger partial charge in [0.1, 0.15) is 30.0 Å². The Morgan fingerprint density at radius 3 is 1.51 bits per heavy atom. The topological polar surface area (TPSA) is 176 Å². The SMILES string of the molecule is CC(=O)Oc1ccc(OC2OC(COC(=O)c3ccc(OC(C)=O)cc3)C(OC(C)=O)C(OC(C)=O)C2OC(C)=O)cc1. The molecule has 0 bridgehead atoms. The van der Waals surface area contributed by atoms with Crippen LogP contribution in [0.25, 0.3) is 0 Å². The van der Waals surface area contributed by atoms with E-state index in [-0.39, 0.29) is 22.8 Å². The van der Waals surface area contributed by atoms with Crippen molar-refractivity contribution in [3.63, 3.8) is 0 Å². The molecule has 1 aliphatic heterocycles. The summed E-state index contributed by atoms with van der Waals surface area (Å²) in [5, 5.41) is 0. The Kier molecular flexibility index (Phi) is 11.2. The van der Waals surface area contributed by atoms with Crippen LogP contribution in [0.3, 0.4) is 0 Å². The number of benzene rings is 2. The molecule has 230 valence electrons. The van der Waals surface area contributed by atoms with Crippen molar-refractivity contribution in [1.29, 1.82) is 0 Å². The maximum absolute atomic E-state index is 12.8. The molecule has 0 N–H and O–H groups in total. The quantitative estimate of drug-likeness (QED) is 0.220. The van der Waals surface area contributed by atoms with Gasteiger partial charge >= 0.3 is 35.8 Å². The minimum absolute atomic E-state index is 0.103. The number of hydrogen-bond acceptors (Lipinski definition) is 14. The molecule has 0 radical (unpaired) electrons. The van der Waals surface area contributed by atoms with Gasteiger partial charge in [0.25, 0.3) is 0 Å². The Bertz CT molecular complexity index is 1330. The lowest BCUT2D eigenvalue weighted by Crippen LogP contribution is -2.63. The third kappa shape index (κ3) is 9.81. The number of ether oxygens (including phenoxy) is 8. The summed E-state index contributed by atoms with van der Waals surface area (Å²) in [7, 11) is 0. The van der Waals surface area contributed by atoms with Gasteiger partial charge in [-0.05, 0) is 48.5 Å². The maximum atomic E-state index is 12.8. The lowest BCUT2D eigenvalue weighted by molar-refractivity contribution is -0.287. The van der Waals surface area contributed by atoms with Crippen molar-refractivity contribution in [2.24, 2.45) is 0 Å². The molecule has 2 aromatic carbocycles. The van der Waals surface area contributed by atoms with Gasteiger partial charge < -0.3 is 37.9 Å². The van der Waals surface area contributed by atoms with Crippen LogP contribution in [0.5, 0.6) is 17.2 Å². The van der Waals surface area contributed by atoms with Crippen molar-refractivity contribution in [3.05, 3.63) is 54.1 Å². The Labute approximate surface area is 246 Å². The summed E-state index contributed by atoms with van der Waals surface area (Å²) < 4.78 is 43.5. The molecule has 1 saturated heterocycles. The molecule has 0 saturated carbocycles. The lowest BCUT2D eigenvalue weighted by Gasteiger charge is -2.43. The summed E-state index contributed by atoms with van der Waals surface area (Å²) in [6.45, 7) is 5.27. The monoisotopic (exact) mass is 602 g/mol. The molecule has 3 rings (SSSR count). The van der Waals surface area contributed by atoms with E-state index in [9.17, 15) is 28.8 Å². The summed E-state index contributed by atoms with van der Waals surface area (Å²) in [6, 6.07) is 11.3. The van der Waals surface area contributed by atoms with Crippen LogP contribution in [-0.2, 0) is 47.7 Å². The molecule has 14 heteroatoms. The summed E-state index contributed by atoms with van der Waals surface area (Å²) in [5.74, 6) is -3.60. The van der Waals surface area contributed by atoms with Crippen LogP contribution >= 0.6 is 0 Å². The zero-order valence-corrected chi connectivity index (χ0v) is 23.9. The minimum Gasteiger partial charge on any atom is -0.461 e. The van der Waals surface area contributed by atoms with Gasteiger partial charge in [-0.1, -0.05) is 0 Å². The fraction of sp³-hybridized carbons (Fsp3) is 0.379.